The highest BCUT2D eigenvalue weighted by atomic mass is 79.9. The largest absolute Gasteiger partial charge is 0.490 e. The lowest BCUT2D eigenvalue weighted by Crippen LogP contribution is -2.01. The molecule has 4 aromatic rings. The molecule has 0 aliphatic carbocycles. The minimum Gasteiger partial charge on any atom is -0.490 e. The van der Waals surface area contributed by atoms with E-state index in [9.17, 15) is 5.26 Å². The van der Waals surface area contributed by atoms with Crippen molar-refractivity contribution < 1.29 is 9.47 Å². The lowest BCUT2D eigenvalue weighted by Gasteiger charge is -2.15. The molecular formula is C28H21BrClNO2. The molecule has 0 N–H and O–H groups in total. The molecule has 0 aromatic heterocycles. The number of allylic oxidation sites excluding steroid dienone is 1. The first-order valence-electron chi connectivity index (χ1n) is 10.5. The molecule has 0 aliphatic rings. The highest BCUT2D eigenvalue weighted by Gasteiger charge is 2.13. The van der Waals surface area contributed by atoms with Crippen molar-refractivity contribution in [2.75, 3.05) is 6.61 Å². The molecule has 4 rings (SSSR count). The second kappa shape index (κ2) is 10.6. The Balaban J connectivity index is 1.65. The van der Waals surface area contributed by atoms with E-state index in [-0.39, 0.29) is 0 Å². The summed E-state index contributed by atoms with van der Waals surface area (Å²) in [7, 11) is 0. The second-order valence-corrected chi connectivity index (χ2v) is 8.73. The van der Waals surface area contributed by atoms with Gasteiger partial charge >= 0.3 is 0 Å². The van der Waals surface area contributed by atoms with E-state index in [1.54, 1.807) is 6.07 Å². The van der Waals surface area contributed by atoms with Gasteiger partial charge in [0.05, 0.1) is 23.3 Å². The third kappa shape index (κ3) is 5.57. The van der Waals surface area contributed by atoms with Crippen LogP contribution in [0.1, 0.15) is 23.6 Å². The molecule has 0 atom stereocenters. The van der Waals surface area contributed by atoms with Crippen molar-refractivity contribution >= 4 is 50.0 Å². The molecule has 0 radical (unpaired) electrons. The number of ether oxygens (including phenoxy) is 2. The zero-order valence-corrected chi connectivity index (χ0v) is 20.4. The first-order chi connectivity index (χ1) is 16.1. The maximum absolute atomic E-state index is 9.83. The Bertz CT molecular complexity index is 1360. The summed E-state index contributed by atoms with van der Waals surface area (Å²) < 4.78 is 12.8. The summed E-state index contributed by atoms with van der Waals surface area (Å²) in [5.41, 5.74) is 3.18. The van der Waals surface area contributed by atoms with Crippen molar-refractivity contribution in [2.24, 2.45) is 0 Å². The Hall–Kier alpha value is -3.26. The average Bonchev–Trinajstić information content (AvgIpc) is 2.83. The fraction of sp³-hybridized carbons (Fsp3) is 0.107. The molecule has 5 heteroatoms. The van der Waals surface area contributed by atoms with Crippen molar-refractivity contribution in [3.63, 3.8) is 0 Å². The van der Waals surface area contributed by atoms with Crippen LogP contribution in [0.3, 0.4) is 0 Å². The van der Waals surface area contributed by atoms with Crippen molar-refractivity contribution in [2.45, 2.75) is 13.5 Å². The predicted octanol–water partition coefficient (Wildman–Crippen LogP) is 8.30. The normalized spacial score (nSPS) is 11.3. The zero-order chi connectivity index (χ0) is 23.2. The Morgan fingerprint density at radius 2 is 1.73 bits per heavy atom. The van der Waals surface area contributed by atoms with Gasteiger partial charge in [-0.2, -0.15) is 5.26 Å². The van der Waals surface area contributed by atoms with Crippen LogP contribution in [-0.4, -0.2) is 6.61 Å². The molecule has 0 amide bonds. The molecular weight excluding hydrogens is 498 g/mol. The van der Waals surface area contributed by atoms with Gasteiger partial charge in [0.25, 0.3) is 0 Å². The van der Waals surface area contributed by atoms with Crippen LogP contribution in [0, 0.1) is 11.3 Å². The number of nitrogens with zero attached hydrogens (tertiary/aromatic N) is 1. The number of halogens is 2. The van der Waals surface area contributed by atoms with Gasteiger partial charge in [0.15, 0.2) is 11.5 Å². The van der Waals surface area contributed by atoms with Crippen molar-refractivity contribution in [3.8, 4) is 17.6 Å². The SMILES string of the molecule is CCOc1cc(/C=C(/C#N)c2ccc3ccccc3c2)cc(Cl)c1OCc1ccc(Br)cc1. The van der Waals surface area contributed by atoms with Gasteiger partial charge in [0.1, 0.15) is 6.61 Å². The minimum atomic E-state index is 0.364. The Labute approximate surface area is 207 Å². The number of hydrogen-bond acceptors (Lipinski definition) is 3. The minimum absolute atomic E-state index is 0.364. The lowest BCUT2D eigenvalue weighted by atomic mass is 10.00. The van der Waals surface area contributed by atoms with Gasteiger partial charge in [-0.05, 0) is 70.8 Å². The molecule has 0 bridgehead atoms. The van der Waals surface area contributed by atoms with Gasteiger partial charge in [-0.3, -0.25) is 0 Å². The summed E-state index contributed by atoms with van der Waals surface area (Å²) in [5.74, 6) is 1.03. The van der Waals surface area contributed by atoms with Gasteiger partial charge in [0.2, 0.25) is 0 Å². The van der Waals surface area contributed by atoms with Crippen LogP contribution in [-0.2, 0) is 6.61 Å². The van der Waals surface area contributed by atoms with Crippen molar-refractivity contribution in [1.82, 2.24) is 0 Å². The second-order valence-electron chi connectivity index (χ2n) is 7.41. The molecule has 4 aromatic carbocycles. The highest BCUT2D eigenvalue weighted by molar-refractivity contribution is 9.10. The predicted molar refractivity (Wildman–Crippen MR) is 139 cm³/mol. The molecule has 0 aliphatic heterocycles. The maximum Gasteiger partial charge on any atom is 0.180 e. The topological polar surface area (TPSA) is 42.2 Å². The van der Waals surface area contributed by atoms with Crippen LogP contribution >= 0.6 is 27.5 Å². The Morgan fingerprint density at radius 1 is 0.970 bits per heavy atom. The van der Waals surface area contributed by atoms with Crippen LogP contribution < -0.4 is 9.47 Å². The van der Waals surface area contributed by atoms with Crippen LogP contribution in [0.4, 0.5) is 0 Å². The number of fused-ring (bicyclic) bond motifs is 1. The molecule has 0 saturated carbocycles. The van der Waals surface area contributed by atoms with Crippen molar-refractivity contribution in [3.05, 3.63) is 105 Å². The highest BCUT2D eigenvalue weighted by Crippen LogP contribution is 2.38. The lowest BCUT2D eigenvalue weighted by molar-refractivity contribution is 0.269. The van der Waals surface area contributed by atoms with Crippen LogP contribution in [0.2, 0.25) is 5.02 Å². The van der Waals surface area contributed by atoms with Crippen molar-refractivity contribution in [1.29, 1.82) is 5.26 Å². The van der Waals surface area contributed by atoms with Crippen LogP contribution in [0.15, 0.2) is 83.3 Å². The van der Waals surface area contributed by atoms with Gasteiger partial charge < -0.3 is 9.47 Å². The smallest absolute Gasteiger partial charge is 0.180 e. The molecule has 0 fully saturated rings. The van der Waals surface area contributed by atoms with E-state index in [4.69, 9.17) is 21.1 Å². The van der Waals surface area contributed by atoms with E-state index in [1.807, 2.05) is 79.7 Å². The molecule has 3 nitrogen and oxygen atoms in total. The summed E-state index contributed by atoms with van der Waals surface area (Å²) in [6, 6.07) is 27.9. The van der Waals surface area contributed by atoms with E-state index in [0.717, 1.165) is 31.9 Å². The molecule has 164 valence electrons. The van der Waals surface area contributed by atoms with Gasteiger partial charge in [-0.15, -0.1) is 0 Å². The summed E-state index contributed by atoms with van der Waals surface area (Å²) in [6.07, 6.45) is 1.82. The monoisotopic (exact) mass is 517 g/mol. The van der Waals surface area contributed by atoms with Gasteiger partial charge in [0, 0.05) is 4.47 Å². The first-order valence-corrected chi connectivity index (χ1v) is 11.7. The summed E-state index contributed by atoms with van der Waals surface area (Å²) in [4.78, 5) is 0. The Morgan fingerprint density at radius 3 is 2.45 bits per heavy atom. The standard InChI is InChI=1S/C28H21BrClNO2/c1-2-32-27-15-20(14-26(30)28(27)33-18-19-7-11-25(29)12-8-19)13-24(17-31)23-10-9-21-5-3-4-6-22(21)16-23/h3-16H,2,18H2,1H3/b24-13-. The molecule has 33 heavy (non-hydrogen) atoms. The number of nitriles is 1. The molecule has 0 saturated heterocycles. The third-order valence-corrected chi connectivity index (χ3v) is 5.93. The zero-order valence-electron chi connectivity index (χ0n) is 18.0. The number of hydrogen-bond donors (Lipinski definition) is 0. The molecule has 0 heterocycles. The number of benzene rings is 4. The Kier molecular flexibility index (Phi) is 7.34. The number of rotatable bonds is 7. The molecule has 0 unspecified atom stereocenters. The fourth-order valence-electron chi connectivity index (χ4n) is 3.51. The summed E-state index contributed by atoms with van der Waals surface area (Å²) in [5, 5.41) is 12.5. The van der Waals surface area contributed by atoms with E-state index in [2.05, 4.69) is 28.1 Å². The van der Waals surface area contributed by atoms with E-state index < -0.39 is 0 Å². The van der Waals surface area contributed by atoms with Crippen LogP contribution in [0.25, 0.3) is 22.4 Å². The van der Waals surface area contributed by atoms with Gasteiger partial charge in [-0.25, -0.2) is 0 Å². The van der Waals surface area contributed by atoms with E-state index >= 15 is 0 Å². The molecule has 0 spiro atoms. The fourth-order valence-corrected chi connectivity index (χ4v) is 4.05. The summed E-state index contributed by atoms with van der Waals surface area (Å²) in [6.45, 7) is 2.74. The quantitative estimate of drug-likeness (QED) is 0.182. The van der Waals surface area contributed by atoms with E-state index in [0.29, 0.717) is 35.3 Å². The van der Waals surface area contributed by atoms with Gasteiger partial charge in [-0.1, -0.05) is 76.1 Å². The van der Waals surface area contributed by atoms with Crippen LogP contribution in [0.5, 0.6) is 11.5 Å². The third-order valence-electron chi connectivity index (χ3n) is 5.12. The maximum atomic E-state index is 9.83. The first kappa shape index (κ1) is 22.9. The average molecular weight is 519 g/mol. The van der Waals surface area contributed by atoms with E-state index in [1.165, 1.54) is 0 Å². The summed E-state index contributed by atoms with van der Waals surface area (Å²) >= 11 is 10.0.